The van der Waals surface area contributed by atoms with Crippen molar-refractivity contribution in [3.8, 4) is 0 Å². The third-order valence-corrected chi connectivity index (χ3v) is 4.24. The van der Waals surface area contributed by atoms with E-state index in [1.54, 1.807) is 6.07 Å². The molecular formula is C17H20F3N5. The molecule has 3 rings (SSSR count). The average molecular weight is 351 g/mol. The van der Waals surface area contributed by atoms with E-state index in [1.165, 1.54) is 18.5 Å². The molecule has 1 aromatic heterocycles. The average Bonchev–Trinajstić information content (AvgIpc) is 2.61. The molecule has 0 N–H and O–H groups in total. The number of aromatic nitrogens is 2. The van der Waals surface area contributed by atoms with Crippen LogP contribution in [0.1, 0.15) is 5.56 Å². The molecule has 25 heavy (non-hydrogen) atoms. The van der Waals surface area contributed by atoms with Crippen LogP contribution in [0.15, 0.2) is 36.7 Å². The van der Waals surface area contributed by atoms with Crippen molar-refractivity contribution < 1.29 is 13.2 Å². The van der Waals surface area contributed by atoms with Gasteiger partial charge in [0.25, 0.3) is 0 Å². The van der Waals surface area contributed by atoms with Gasteiger partial charge in [0.15, 0.2) is 0 Å². The fraction of sp³-hybridized carbons (Fsp3) is 0.412. The zero-order valence-corrected chi connectivity index (χ0v) is 14.2. The van der Waals surface area contributed by atoms with E-state index in [0.717, 1.165) is 17.7 Å². The van der Waals surface area contributed by atoms with E-state index in [-0.39, 0.29) is 0 Å². The lowest BCUT2D eigenvalue weighted by Gasteiger charge is -2.37. The fourth-order valence-electron chi connectivity index (χ4n) is 2.83. The second-order valence-electron chi connectivity index (χ2n) is 6.15. The van der Waals surface area contributed by atoms with Crippen molar-refractivity contribution in [2.75, 3.05) is 55.0 Å². The smallest absolute Gasteiger partial charge is 0.368 e. The number of nitrogens with zero attached hydrogens (tertiary/aromatic N) is 5. The Balaban J connectivity index is 1.69. The predicted octanol–water partition coefficient (Wildman–Crippen LogP) is 2.89. The Morgan fingerprint density at radius 2 is 1.64 bits per heavy atom. The molecule has 1 aliphatic heterocycles. The number of halogens is 3. The van der Waals surface area contributed by atoms with Gasteiger partial charge in [0, 0.05) is 52.0 Å². The van der Waals surface area contributed by atoms with Crippen molar-refractivity contribution in [1.82, 2.24) is 9.97 Å². The lowest BCUT2D eigenvalue weighted by Crippen LogP contribution is -2.47. The Labute approximate surface area is 144 Å². The molecule has 0 bridgehead atoms. The van der Waals surface area contributed by atoms with Crippen molar-refractivity contribution in [3.05, 3.63) is 42.2 Å². The highest BCUT2D eigenvalue weighted by atomic mass is 19.4. The van der Waals surface area contributed by atoms with E-state index in [2.05, 4.69) is 14.9 Å². The summed E-state index contributed by atoms with van der Waals surface area (Å²) in [5, 5.41) is 0. The van der Waals surface area contributed by atoms with Crippen LogP contribution in [0.5, 0.6) is 0 Å². The maximum atomic E-state index is 12.9. The Hall–Kier alpha value is -2.51. The maximum absolute atomic E-state index is 12.9. The topological polar surface area (TPSA) is 35.5 Å². The van der Waals surface area contributed by atoms with Crippen LogP contribution in [0.2, 0.25) is 0 Å². The van der Waals surface area contributed by atoms with Gasteiger partial charge in [-0.2, -0.15) is 13.2 Å². The lowest BCUT2D eigenvalue weighted by molar-refractivity contribution is -0.137. The van der Waals surface area contributed by atoms with Crippen LogP contribution in [0.4, 0.5) is 30.5 Å². The van der Waals surface area contributed by atoms with Gasteiger partial charge in [-0.25, -0.2) is 9.97 Å². The summed E-state index contributed by atoms with van der Waals surface area (Å²) < 4.78 is 38.6. The molecule has 1 aromatic carbocycles. The van der Waals surface area contributed by atoms with Gasteiger partial charge in [-0.05, 0) is 18.2 Å². The summed E-state index contributed by atoms with van der Waals surface area (Å²) in [6.45, 7) is 2.67. The molecule has 2 heterocycles. The van der Waals surface area contributed by atoms with Crippen LogP contribution in [0.3, 0.4) is 0 Å². The summed E-state index contributed by atoms with van der Waals surface area (Å²) in [5.74, 6) is 1.66. The van der Waals surface area contributed by atoms with Crippen LogP contribution in [-0.4, -0.2) is 50.2 Å². The quantitative estimate of drug-likeness (QED) is 0.850. The normalized spacial score (nSPS) is 15.4. The zero-order valence-electron chi connectivity index (χ0n) is 14.2. The highest BCUT2D eigenvalue weighted by molar-refractivity contribution is 5.53. The highest BCUT2D eigenvalue weighted by Crippen LogP contribution is 2.32. The molecular weight excluding hydrogens is 331 g/mol. The number of rotatable bonds is 3. The van der Waals surface area contributed by atoms with Gasteiger partial charge >= 0.3 is 6.18 Å². The summed E-state index contributed by atoms with van der Waals surface area (Å²) in [4.78, 5) is 14.5. The van der Waals surface area contributed by atoms with E-state index in [9.17, 15) is 13.2 Å². The minimum Gasteiger partial charge on any atom is -0.368 e. The number of alkyl halides is 3. The molecule has 2 aromatic rings. The Bertz CT molecular complexity index is 724. The Morgan fingerprint density at radius 3 is 2.28 bits per heavy atom. The van der Waals surface area contributed by atoms with Gasteiger partial charge in [-0.1, -0.05) is 6.07 Å². The highest BCUT2D eigenvalue weighted by Gasteiger charge is 2.31. The number of benzene rings is 1. The van der Waals surface area contributed by atoms with E-state index in [0.29, 0.717) is 31.9 Å². The van der Waals surface area contributed by atoms with Gasteiger partial charge in [0.1, 0.15) is 18.0 Å². The van der Waals surface area contributed by atoms with E-state index < -0.39 is 11.7 Å². The van der Waals surface area contributed by atoms with Crippen molar-refractivity contribution in [2.45, 2.75) is 6.18 Å². The second-order valence-corrected chi connectivity index (χ2v) is 6.15. The lowest BCUT2D eigenvalue weighted by atomic mass is 10.1. The van der Waals surface area contributed by atoms with E-state index >= 15 is 0 Å². The van der Waals surface area contributed by atoms with Crippen LogP contribution in [-0.2, 0) is 6.18 Å². The van der Waals surface area contributed by atoms with Crippen molar-refractivity contribution in [2.24, 2.45) is 0 Å². The third-order valence-electron chi connectivity index (χ3n) is 4.24. The number of hydrogen-bond donors (Lipinski definition) is 0. The molecule has 1 saturated heterocycles. The van der Waals surface area contributed by atoms with Gasteiger partial charge in [-0.15, -0.1) is 0 Å². The molecule has 134 valence electrons. The minimum atomic E-state index is -4.32. The SMILES string of the molecule is CN(C)c1cc(N2CCN(c3cccc(C(F)(F)F)c3)CC2)ncn1. The van der Waals surface area contributed by atoms with Crippen LogP contribution < -0.4 is 14.7 Å². The summed E-state index contributed by atoms with van der Waals surface area (Å²) >= 11 is 0. The summed E-state index contributed by atoms with van der Waals surface area (Å²) in [7, 11) is 3.83. The molecule has 0 atom stereocenters. The number of hydrogen-bond acceptors (Lipinski definition) is 5. The first-order valence-electron chi connectivity index (χ1n) is 8.01. The monoisotopic (exact) mass is 351 g/mol. The molecule has 1 fully saturated rings. The largest absolute Gasteiger partial charge is 0.416 e. The predicted molar refractivity (Wildman–Crippen MR) is 92.2 cm³/mol. The second kappa shape index (κ2) is 6.78. The third kappa shape index (κ3) is 3.94. The first kappa shape index (κ1) is 17.3. The van der Waals surface area contributed by atoms with Gasteiger partial charge in [0.2, 0.25) is 0 Å². The summed E-state index contributed by atoms with van der Waals surface area (Å²) in [6.07, 6.45) is -2.79. The molecule has 1 aliphatic rings. The first-order chi connectivity index (χ1) is 11.8. The first-order valence-corrected chi connectivity index (χ1v) is 8.01. The Morgan fingerprint density at radius 1 is 0.960 bits per heavy atom. The fourth-order valence-corrected chi connectivity index (χ4v) is 2.83. The van der Waals surface area contributed by atoms with E-state index in [4.69, 9.17) is 0 Å². The van der Waals surface area contributed by atoms with Crippen LogP contribution in [0.25, 0.3) is 0 Å². The molecule has 0 unspecified atom stereocenters. The zero-order chi connectivity index (χ0) is 18.0. The molecule has 8 heteroatoms. The number of anilines is 3. The molecule has 0 spiro atoms. The van der Waals surface area contributed by atoms with Gasteiger partial charge in [0.05, 0.1) is 5.56 Å². The Kier molecular flexibility index (Phi) is 4.69. The number of piperazine rings is 1. The molecule has 0 saturated carbocycles. The summed E-state index contributed by atoms with van der Waals surface area (Å²) in [6, 6.07) is 7.41. The summed E-state index contributed by atoms with van der Waals surface area (Å²) in [5.41, 5.74) is -0.00926. The molecule has 0 aliphatic carbocycles. The molecule has 0 amide bonds. The van der Waals surface area contributed by atoms with Crippen LogP contribution in [0, 0.1) is 0 Å². The van der Waals surface area contributed by atoms with Gasteiger partial charge in [-0.3, -0.25) is 0 Å². The van der Waals surface area contributed by atoms with Crippen molar-refractivity contribution >= 4 is 17.3 Å². The van der Waals surface area contributed by atoms with Gasteiger partial charge < -0.3 is 14.7 Å². The van der Waals surface area contributed by atoms with Crippen molar-refractivity contribution in [1.29, 1.82) is 0 Å². The minimum absolute atomic E-state index is 0.603. The van der Waals surface area contributed by atoms with Crippen molar-refractivity contribution in [3.63, 3.8) is 0 Å². The molecule has 5 nitrogen and oxygen atoms in total. The molecule has 0 radical (unpaired) electrons. The maximum Gasteiger partial charge on any atom is 0.416 e. The van der Waals surface area contributed by atoms with Crippen LogP contribution >= 0.6 is 0 Å². The standard InChI is InChI=1S/C17H20F3N5/c1-23(2)15-11-16(22-12-21-15)25-8-6-24(7-9-25)14-5-3-4-13(10-14)17(18,19)20/h3-5,10-12H,6-9H2,1-2H3. The van der Waals surface area contributed by atoms with E-state index in [1.807, 2.05) is 30.0 Å².